The molecule has 1 heterocycles. The second-order valence-electron chi connectivity index (χ2n) is 3.52. The molecule has 2 rings (SSSR count). The molecule has 0 aliphatic rings. The van der Waals surface area contributed by atoms with E-state index in [0.29, 0.717) is 6.54 Å². The summed E-state index contributed by atoms with van der Waals surface area (Å²) >= 11 is 1.66. The van der Waals surface area contributed by atoms with E-state index >= 15 is 0 Å². The van der Waals surface area contributed by atoms with Gasteiger partial charge in [0.2, 0.25) is 0 Å². The first-order chi connectivity index (χ1) is 7.22. The zero-order valence-corrected chi connectivity index (χ0v) is 9.71. The number of thiazole rings is 1. The molecule has 0 amide bonds. The lowest BCUT2D eigenvalue weighted by Crippen LogP contribution is -2.11. The lowest BCUT2D eigenvalue weighted by Gasteiger charge is -1.95. The fourth-order valence-corrected chi connectivity index (χ4v) is 2.68. The molecule has 0 spiro atoms. The van der Waals surface area contributed by atoms with Crippen molar-refractivity contribution in [2.45, 2.75) is 6.92 Å². The monoisotopic (exact) mass is 222 g/mol. The van der Waals surface area contributed by atoms with Crippen LogP contribution in [-0.2, 0) is 7.05 Å². The quantitative estimate of drug-likeness (QED) is 0.820. The van der Waals surface area contributed by atoms with Crippen molar-refractivity contribution >= 4 is 21.6 Å². The van der Waals surface area contributed by atoms with Crippen LogP contribution in [0.3, 0.4) is 0 Å². The van der Waals surface area contributed by atoms with Gasteiger partial charge < -0.3 is 9.67 Å². The maximum Gasteiger partial charge on any atom is 0.185 e. The molecule has 0 saturated carbocycles. The average Bonchev–Trinajstić information content (AvgIpc) is 2.52. The number of benzene rings is 1. The Balaban J connectivity index is 2.64. The molecule has 2 aromatic rings. The highest BCUT2D eigenvalue weighted by Gasteiger charge is 2.01. The highest BCUT2D eigenvalue weighted by atomic mass is 32.1. The van der Waals surface area contributed by atoms with Crippen LogP contribution in [0.25, 0.3) is 10.2 Å². The first kappa shape index (κ1) is 10.4. The Bertz CT molecular complexity index is 539. The molecule has 0 unspecified atom stereocenters. The molecule has 15 heavy (non-hydrogen) atoms. The Labute approximate surface area is 92.3 Å². The third kappa shape index (κ3) is 1.96. The van der Waals surface area contributed by atoms with Gasteiger partial charge in [-0.3, -0.25) is 4.99 Å². The maximum atomic E-state index is 8.74. The van der Waals surface area contributed by atoms with Gasteiger partial charge in [0.05, 0.1) is 23.4 Å². The molecule has 0 atom stereocenters. The lowest BCUT2D eigenvalue weighted by molar-refractivity contribution is 0.305. The number of nitrogens with zero attached hydrogens (tertiary/aromatic N) is 2. The molecule has 0 fully saturated rings. The van der Waals surface area contributed by atoms with Gasteiger partial charge >= 0.3 is 0 Å². The van der Waals surface area contributed by atoms with Gasteiger partial charge in [-0.25, -0.2) is 0 Å². The summed E-state index contributed by atoms with van der Waals surface area (Å²) in [5.41, 5.74) is 2.46. The highest BCUT2D eigenvalue weighted by Crippen LogP contribution is 2.17. The van der Waals surface area contributed by atoms with E-state index < -0.39 is 0 Å². The standard InChI is InChI=1S/C11H14N2OS/c1-8-3-4-9-10(7-8)15-11(13(9)2)12-5-6-14/h3-4,7,14H,5-6H2,1-2H3. The number of aromatic nitrogens is 1. The fraction of sp³-hybridized carbons (Fsp3) is 0.364. The van der Waals surface area contributed by atoms with Gasteiger partial charge in [-0.05, 0) is 24.6 Å². The SMILES string of the molecule is Cc1ccc2c(c1)sc(=NCCO)n2C. The summed E-state index contributed by atoms with van der Waals surface area (Å²) in [7, 11) is 2.00. The number of fused-ring (bicyclic) bond motifs is 1. The second kappa shape index (κ2) is 4.16. The van der Waals surface area contributed by atoms with Crippen molar-refractivity contribution in [2.24, 2.45) is 12.0 Å². The predicted octanol–water partition coefficient (Wildman–Crippen LogP) is 1.44. The van der Waals surface area contributed by atoms with Crippen LogP contribution in [0.15, 0.2) is 23.2 Å². The van der Waals surface area contributed by atoms with Crippen LogP contribution in [0.2, 0.25) is 0 Å². The molecule has 1 aromatic heterocycles. The van der Waals surface area contributed by atoms with Gasteiger partial charge in [0.15, 0.2) is 4.80 Å². The Morgan fingerprint density at radius 2 is 2.27 bits per heavy atom. The van der Waals surface area contributed by atoms with Crippen molar-refractivity contribution in [3.8, 4) is 0 Å². The second-order valence-corrected chi connectivity index (χ2v) is 4.53. The van der Waals surface area contributed by atoms with E-state index in [-0.39, 0.29) is 6.61 Å². The van der Waals surface area contributed by atoms with Crippen LogP contribution in [-0.4, -0.2) is 22.8 Å². The van der Waals surface area contributed by atoms with Gasteiger partial charge in [0.25, 0.3) is 0 Å². The Kier molecular flexibility index (Phi) is 2.88. The summed E-state index contributed by atoms with van der Waals surface area (Å²) in [6.45, 7) is 2.66. The minimum absolute atomic E-state index is 0.104. The average molecular weight is 222 g/mol. The lowest BCUT2D eigenvalue weighted by atomic mass is 10.2. The van der Waals surface area contributed by atoms with Crippen molar-refractivity contribution in [1.29, 1.82) is 0 Å². The summed E-state index contributed by atoms with van der Waals surface area (Å²) in [4.78, 5) is 5.29. The zero-order chi connectivity index (χ0) is 10.8. The largest absolute Gasteiger partial charge is 0.394 e. The van der Waals surface area contributed by atoms with Crippen molar-refractivity contribution in [3.05, 3.63) is 28.6 Å². The van der Waals surface area contributed by atoms with Crippen LogP contribution in [0.5, 0.6) is 0 Å². The third-order valence-corrected chi connectivity index (χ3v) is 3.44. The molecule has 4 heteroatoms. The van der Waals surface area contributed by atoms with E-state index in [9.17, 15) is 0 Å². The number of aliphatic hydroxyl groups is 1. The van der Waals surface area contributed by atoms with Gasteiger partial charge in [0, 0.05) is 7.05 Å². The van der Waals surface area contributed by atoms with E-state index in [1.54, 1.807) is 11.3 Å². The zero-order valence-electron chi connectivity index (χ0n) is 8.90. The first-order valence-electron chi connectivity index (χ1n) is 4.90. The maximum absolute atomic E-state index is 8.74. The van der Waals surface area contributed by atoms with Crippen molar-refractivity contribution in [1.82, 2.24) is 4.57 Å². The minimum atomic E-state index is 0.104. The van der Waals surface area contributed by atoms with Gasteiger partial charge in [-0.2, -0.15) is 0 Å². The molecule has 0 bridgehead atoms. The van der Waals surface area contributed by atoms with Crippen molar-refractivity contribution in [2.75, 3.05) is 13.2 Å². The molecular formula is C11H14N2OS. The van der Waals surface area contributed by atoms with Crippen LogP contribution in [0.1, 0.15) is 5.56 Å². The van der Waals surface area contributed by atoms with Crippen LogP contribution < -0.4 is 4.80 Å². The summed E-state index contributed by atoms with van der Waals surface area (Å²) in [5.74, 6) is 0. The number of aryl methyl sites for hydroxylation is 2. The molecule has 3 nitrogen and oxygen atoms in total. The first-order valence-corrected chi connectivity index (χ1v) is 5.71. The van der Waals surface area contributed by atoms with E-state index in [1.807, 2.05) is 7.05 Å². The predicted molar refractivity (Wildman–Crippen MR) is 63.0 cm³/mol. The smallest absolute Gasteiger partial charge is 0.185 e. The molecule has 1 aromatic carbocycles. The molecule has 0 aliphatic carbocycles. The van der Waals surface area contributed by atoms with Gasteiger partial charge in [0.1, 0.15) is 0 Å². The molecule has 80 valence electrons. The minimum Gasteiger partial charge on any atom is -0.394 e. The number of hydrogen-bond donors (Lipinski definition) is 1. The third-order valence-electron chi connectivity index (χ3n) is 2.31. The Morgan fingerprint density at radius 3 is 3.00 bits per heavy atom. The van der Waals surface area contributed by atoms with E-state index in [2.05, 4.69) is 34.7 Å². The normalized spacial score (nSPS) is 12.6. The number of hydrogen-bond acceptors (Lipinski definition) is 3. The molecule has 0 saturated heterocycles. The van der Waals surface area contributed by atoms with Crippen molar-refractivity contribution < 1.29 is 5.11 Å². The summed E-state index contributed by atoms with van der Waals surface area (Å²) in [6, 6.07) is 6.38. The molecule has 0 radical (unpaired) electrons. The van der Waals surface area contributed by atoms with Crippen LogP contribution in [0, 0.1) is 6.92 Å². The topological polar surface area (TPSA) is 37.5 Å². The van der Waals surface area contributed by atoms with Gasteiger partial charge in [-0.1, -0.05) is 17.4 Å². The molecule has 0 aliphatic heterocycles. The summed E-state index contributed by atoms with van der Waals surface area (Å²) in [6.07, 6.45) is 0. The Hall–Kier alpha value is -1.13. The highest BCUT2D eigenvalue weighted by molar-refractivity contribution is 7.16. The molecular weight excluding hydrogens is 208 g/mol. The number of rotatable bonds is 2. The fourth-order valence-electron chi connectivity index (χ4n) is 1.53. The Morgan fingerprint density at radius 1 is 1.47 bits per heavy atom. The van der Waals surface area contributed by atoms with Crippen LogP contribution in [0.4, 0.5) is 0 Å². The van der Waals surface area contributed by atoms with Crippen molar-refractivity contribution in [3.63, 3.8) is 0 Å². The molecule has 1 N–H and O–H groups in total. The van der Waals surface area contributed by atoms with Gasteiger partial charge in [-0.15, -0.1) is 0 Å². The van der Waals surface area contributed by atoms with Crippen LogP contribution >= 0.6 is 11.3 Å². The van der Waals surface area contributed by atoms with E-state index in [0.717, 1.165) is 4.80 Å². The summed E-state index contributed by atoms with van der Waals surface area (Å²) < 4.78 is 3.31. The summed E-state index contributed by atoms with van der Waals surface area (Å²) in [5, 5.41) is 8.74. The number of aliphatic hydroxyl groups excluding tert-OH is 1. The van der Waals surface area contributed by atoms with E-state index in [1.165, 1.54) is 15.8 Å². The van der Waals surface area contributed by atoms with E-state index in [4.69, 9.17) is 5.11 Å².